The van der Waals surface area contributed by atoms with Crippen LogP contribution in [0, 0.1) is 0 Å². The van der Waals surface area contributed by atoms with Gasteiger partial charge in [-0.3, -0.25) is 0 Å². The van der Waals surface area contributed by atoms with E-state index in [0.29, 0.717) is 30.7 Å². The number of unbranched alkanes of at least 4 members (excludes halogenated alkanes) is 18. The molecule has 56 heavy (non-hydrogen) atoms. The Labute approximate surface area is 346 Å². The summed E-state index contributed by atoms with van der Waals surface area (Å²) in [7, 11) is 0. The van der Waals surface area contributed by atoms with Crippen molar-refractivity contribution in [2.24, 2.45) is 0 Å². The summed E-state index contributed by atoms with van der Waals surface area (Å²) in [4.78, 5) is 13.2. The molecule has 0 aliphatic carbocycles. The third-order valence-electron chi connectivity index (χ3n) is 11.0. The maximum Gasteiger partial charge on any atom is 0.361 e. The molecule has 1 rings (SSSR count). The number of ether oxygens (including phenoxy) is 2. The summed E-state index contributed by atoms with van der Waals surface area (Å²) in [5.74, 6) is 0.744. The second kappa shape index (κ2) is 33.9. The highest BCUT2D eigenvalue weighted by molar-refractivity contribution is 5.70. The number of esters is 1. The summed E-state index contributed by atoms with van der Waals surface area (Å²) in [5, 5.41) is 0. The second-order valence-electron chi connectivity index (χ2n) is 16.2. The van der Waals surface area contributed by atoms with E-state index in [4.69, 9.17) is 9.47 Å². The average Bonchev–Trinajstić information content (AvgIpc) is 3.17. The molecule has 0 radical (unpaired) electrons. The number of quaternary nitrogens is 2. The summed E-state index contributed by atoms with van der Waals surface area (Å²) in [6.07, 6.45) is 39.8. The lowest BCUT2D eigenvalue weighted by Gasteiger charge is -2.37. The van der Waals surface area contributed by atoms with Gasteiger partial charge in [0, 0.05) is 5.56 Å². The summed E-state index contributed by atoms with van der Waals surface area (Å²) < 4.78 is 13.4. The SMILES string of the molecule is C=CC[N+](CC=C)(CC=Cc1cc(OCCCCCCCCCCCC)ccc1C[N+](CC=C)(CC=C)CC=C)CC(=O)OCCCCCCCCCCCC. The first-order valence-electron chi connectivity index (χ1n) is 22.7. The summed E-state index contributed by atoms with van der Waals surface area (Å²) in [6, 6.07) is 6.52. The van der Waals surface area contributed by atoms with Crippen LogP contribution in [0.2, 0.25) is 0 Å². The highest BCUT2D eigenvalue weighted by Crippen LogP contribution is 2.25. The van der Waals surface area contributed by atoms with Crippen LogP contribution in [0.15, 0.2) is 87.5 Å². The Morgan fingerprint density at radius 2 is 0.982 bits per heavy atom. The molecule has 0 aliphatic heterocycles. The van der Waals surface area contributed by atoms with Gasteiger partial charge in [0.15, 0.2) is 6.54 Å². The van der Waals surface area contributed by atoms with E-state index in [1.165, 1.54) is 115 Å². The normalized spacial score (nSPS) is 11.8. The number of nitrogens with zero attached hydrogens (tertiary/aromatic N) is 2. The fraction of sp³-hybridized carbons (Fsp3) is 0.627. The molecule has 0 saturated heterocycles. The third-order valence-corrected chi connectivity index (χ3v) is 11.0. The quantitative estimate of drug-likeness (QED) is 0.0288. The molecule has 0 aromatic heterocycles. The van der Waals surface area contributed by atoms with Gasteiger partial charge in [0.05, 0.1) is 52.5 Å². The molecule has 5 nitrogen and oxygen atoms in total. The van der Waals surface area contributed by atoms with Crippen molar-refractivity contribution in [3.05, 3.63) is 98.7 Å². The fourth-order valence-electron chi connectivity index (χ4n) is 7.80. The van der Waals surface area contributed by atoms with Crippen molar-refractivity contribution in [2.75, 3.05) is 59.0 Å². The molecule has 1 aromatic rings. The van der Waals surface area contributed by atoms with Crippen LogP contribution in [0.25, 0.3) is 6.08 Å². The molecular formula is C51H86N2O3+2. The van der Waals surface area contributed by atoms with Gasteiger partial charge in [-0.25, -0.2) is 4.79 Å². The maximum atomic E-state index is 13.2. The molecule has 0 amide bonds. The number of rotatable bonds is 40. The van der Waals surface area contributed by atoms with Crippen molar-refractivity contribution in [1.29, 1.82) is 0 Å². The van der Waals surface area contributed by atoms with Gasteiger partial charge in [-0.2, -0.15) is 0 Å². The van der Waals surface area contributed by atoms with E-state index in [2.05, 4.69) is 77.1 Å². The molecule has 0 spiro atoms. The average molecular weight is 775 g/mol. The Morgan fingerprint density at radius 1 is 0.554 bits per heavy atom. The number of hydrogen-bond donors (Lipinski definition) is 0. The standard InChI is InChI=1S/C51H86N2O3/c1-8-15-17-19-21-23-25-27-29-31-43-55-50-36-35-49(46-52(37-10-3,38-11-4)39-12-5)48(45-50)34-33-42-53(40-13-6,41-14-7)47-51(54)56-44-32-30-28-26-24-22-20-18-16-9-2/h10-14,33-36,45H,3-9,15-32,37-44,46-47H2,1-2H3/q+2. The Kier molecular flexibility index (Phi) is 30.8. The smallest absolute Gasteiger partial charge is 0.361 e. The molecule has 0 bridgehead atoms. The summed E-state index contributed by atoms with van der Waals surface area (Å²) in [6.45, 7) is 31.6. The van der Waals surface area contributed by atoms with Crippen LogP contribution < -0.4 is 4.74 Å². The number of hydrogen-bond acceptors (Lipinski definition) is 3. The van der Waals surface area contributed by atoms with Gasteiger partial charge >= 0.3 is 5.97 Å². The van der Waals surface area contributed by atoms with Gasteiger partial charge in [0.25, 0.3) is 0 Å². The molecule has 0 N–H and O–H groups in total. The van der Waals surface area contributed by atoms with Crippen LogP contribution in [0.3, 0.4) is 0 Å². The molecule has 0 heterocycles. The first-order chi connectivity index (χ1) is 27.4. The van der Waals surface area contributed by atoms with Crippen molar-refractivity contribution in [3.63, 3.8) is 0 Å². The monoisotopic (exact) mass is 775 g/mol. The van der Waals surface area contributed by atoms with Crippen LogP contribution >= 0.6 is 0 Å². The van der Waals surface area contributed by atoms with E-state index >= 15 is 0 Å². The van der Waals surface area contributed by atoms with Gasteiger partial charge in [0.2, 0.25) is 0 Å². The predicted molar refractivity (Wildman–Crippen MR) is 245 cm³/mol. The molecule has 0 atom stereocenters. The third kappa shape index (κ3) is 23.8. The van der Waals surface area contributed by atoms with Gasteiger partial charge in [-0.15, -0.1) is 0 Å². The topological polar surface area (TPSA) is 35.5 Å². The molecular weight excluding hydrogens is 689 g/mol. The summed E-state index contributed by atoms with van der Waals surface area (Å²) in [5.41, 5.74) is 2.36. The highest BCUT2D eigenvalue weighted by Gasteiger charge is 2.29. The Balaban J connectivity index is 2.99. The van der Waals surface area contributed by atoms with Crippen molar-refractivity contribution in [2.45, 2.75) is 149 Å². The van der Waals surface area contributed by atoms with Gasteiger partial charge in [-0.1, -0.05) is 168 Å². The molecule has 316 valence electrons. The van der Waals surface area contributed by atoms with E-state index in [-0.39, 0.29) is 12.5 Å². The number of benzene rings is 1. The van der Waals surface area contributed by atoms with Crippen LogP contribution in [0.4, 0.5) is 0 Å². The highest BCUT2D eigenvalue weighted by atomic mass is 16.5. The summed E-state index contributed by atoms with van der Waals surface area (Å²) >= 11 is 0. The molecule has 0 aliphatic rings. The second-order valence-corrected chi connectivity index (χ2v) is 16.2. The zero-order valence-corrected chi connectivity index (χ0v) is 36.6. The van der Waals surface area contributed by atoms with Crippen LogP contribution in [0.1, 0.15) is 153 Å². The number of carbonyl (C=O) groups is 1. The minimum absolute atomic E-state index is 0.151. The maximum absolute atomic E-state index is 13.2. The molecule has 5 heteroatoms. The van der Waals surface area contributed by atoms with E-state index < -0.39 is 0 Å². The van der Waals surface area contributed by atoms with Crippen molar-refractivity contribution in [1.82, 2.24) is 0 Å². The van der Waals surface area contributed by atoms with Gasteiger partial charge in [-0.05, 0) is 73.1 Å². The lowest BCUT2D eigenvalue weighted by Crippen LogP contribution is -2.52. The zero-order chi connectivity index (χ0) is 41.0. The van der Waals surface area contributed by atoms with E-state index in [1.54, 1.807) is 0 Å². The van der Waals surface area contributed by atoms with Crippen molar-refractivity contribution < 1.29 is 23.2 Å². The lowest BCUT2D eigenvalue weighted by molar-refractivity contribution is -0.924. The van der Waals surface area contributed by atoms with Crippen LogP contribution in [-0.4, -0.2) is 74.0 Å². The van der Waals surface area contributed by atoms with E-state index in [1.807, 2.05) is 30.4 Å². The Morgan fingerprint density at radius 3 is 1.45 bits per heavy atom. The fourth-order valence-corrected chi connectivity index (χ4v) is 7.80. The number of carbonyl (C=O) groups excluding carboxylic acids is 1. The molecule has 0 fully saturated rings. The Hall–Kier alpha value is -3.15. The van der Waals surface area contributed by atoms with Gasteiger partial charge in [0.1, 0.15) is 12.3 Å². The van der Waals surface area contributed by atoms with E-state index in [9.17, 15) is 4.79 Å². The van der Waals surface area contributed by atoms with Crippen LogP contribution in [0.5, 0.6) is 5.75 Å². The zero-order valence-electron chi connectivity index (χ0n) is 36.6. The minimum Gasteiger partial charge on any atom is -0.494 e. The first-order valence-corrected chi connectivity index (χ1v) is 22.7. The largest absolute Gasteiger partial charge is 0.494 e. The molecule has 0 unspecified atom stereocenters. The van der Waals surface area contributed by atoms with E-state index in [0.717, 1.165) is 67.8 Å². The van der Waals surface area contributed by atoms with Crippen molar-refractivity contribution in [3.8, 4) is 5.75 Å². The minimum atomic E-state index is -0.151. The lowest BCUT2D eigenvalue weighted by atomic mass is 10.0. The van der Waals surface area contributed by atoms with Crippen molar-refractivity contribution >= 4 is 12.0 Å². The van der Waals surface area contributed by atoms with Crippen LogP contribution in [-0.2, 0) is 16.1 Å². The van der Waals surface area contributed by atoms with Gasteiger partial charge < -0.3 is 18.4 Å². The molecule has 0 saturated carbocycles. The molecule has 1 aromatic carbocycles. The first kappa shape index (κ1) is 50.9. The predicted octanol–water partition coefficient (Wildman–Crippen LogP) is 13.5. The Bertz CT molecular complexity index is 1200.